The van der Waals surface area contributed by atoms with E-state index in [0.29, 0.717) is 13.2 Å². The third kappa shape index (κ3) is 3.15. The molecule has 100 valence electrons. The van der Waals surface area contributed by atoms with Gasteiger partial charge in [-0.05, 0) is 38.1 Å². The van der Waals surface area contributed by atoms with Crippen LogP contribution in [0.5, 0.6) is 5.75 Å². The van der Waals surface area contributed by atoms with Crippen LogP contribution in [0.4, 0.5) is 5.69 Å². The molecule has 0 amide bonds. The first-order chi connectivity index (χ1) is 8.63. The van der Waals surface area contributed by atoms with Crippen LogP contribution in [0.3, 0.4) is 0 Å². The molecule has 0 saturated carbocycles. The van der Waals surface area contributed by atoms with Crippen molar-refractivity contribution in [3.63, 3.8) is 0 Å². The van der Waals surface area contributed by atoms with E-state index >= 15 is 0 Å². The molecule has 4 nitrogen and oxygen atoms in total. The molecule has 4 heteroatoms. The Morgan fingerprint density at radius 3 is 2.44 bits per heavy atom. The molecule has 1 saturated heterocycles. The largest absolute Gasteiger partial charge is 0.491 e. The van der Waals surface area contributed by atoms with Crippen LogP contribution in [0.2, 0.25) is 0 Å². The Hall–Kier alpha value is -1.26. The van der Waals surface area contributed by atoms with Crippen LogP contribution in [-0.4, -0.2) is 37.6 Å². The fourth-order valence-corrected chi connectivity index (χ4v) is 1.85. The van der Waals surface area contributed by atoms with E-state index in [1.807, 2.05) is 38.1 Å². The number of hydrogen-bond donors (Lipinski definition) is 2. The third-order valence-electron chi connectivity index (χ3n) is 3.05. The van der Waals surface area contributed by atoms with Crippen molar-refractivity contribution >= 4 is 5.69 Å². The van der Waals surface area contributed by atoms with Crippen LogP contribution in [-0.2, 0) is 4.74 Å². The number of aliphatic hydroxyl groups is 1. The van der Waals surface area contributed by atoms with Crippen molar-refractivity contribution in [3.8, 4) is 5.75 Å². The van der Waals surface area contributed by atoms with Crippen molar-refractivity contribution in [2.45, 2.75) is 20.0 Å². The van der Waals surface area contributed by atoms with Gasteiger partial charge < -0.3 is 19.9 Å². The fraction of sp³-hybridized carbons (Fsp3) is 0.571. The maximum atomic E-state index is 9.32. The molecule has 1 heterocycles. The van der Waals surface area contributed by atoms with E-state index in [0.717, 1.165) is 18.0 Å². The van der Waals surface area contributed by atoms with Crippen molar-refractivity contribution in [2.75, 3.05) is 31.7 Å². The first-order valence-corrected chi connectivity index (χ1v) is 6.33. The zero-order valence-corrected chi connectivity index (χ0v) is 11.0. The van der Waals surface area contributed by atoms with Gasteiger partial charge in [-0.2, -0.15) is 0 Å². The first-order valence-electron chi connectivity index (χ1n) is 6.33. The quantitative estimate of drug-likeness (QED) is 0.810. The van der Waals surface area contributed by atoms with E-state index in [2.05, 4.69) is 5.32 Å². The second-order valence-electron chi connectivity index (χ2n) is 5.20. The molecule has 0 bridgehead atoms. The lowest BCUT2D eigenvalue weighted by molar-refractivity contribution is -0.128. The monoisotopic (exact) mass is 251 g/mol. The van der Waals surface area contributed by atoms with Crippen LogP contribution in [0.25, 0.3) is 0 Å². The van der Waals surface area contributed by atoms with Crippen molar-refractivity contribution in [3.05, 3.63) is 24.3 Å². The van der Waals surface area contributed by atoms with E-state index in [1.54, 1.807) is 0 Å². The van der Waals surface area contributed by atoms with Crippen molar-refractivity contribution < 1.29 is 14.6 Å². The lowest BCUT2D eigenvalue weighted by Gasteiger charge is -2.40. The number of aliphatic hydroxyl groups excluding tert-OH is 1. The molecule has 2 rings (SSSR count). The van der Waals surface area contributed by atoms with Gasteiger partial charge in [0.1, 0.15) is 5.75 Å². The summed E-state index contributed by atoms with van der Waals surface area (Å²) < 4.78 is 10.7. The SMILES string of the molecule is CC(C)Oc1ccc(NCC2(CO)COC2)cc1. The Balaban J connectivity index is 1.86. The van der Waals surface area contributed by atoms with Gasteiger partial charge in [-0.25, -0.2) is 0 Å². The zero-order valence-electron chi connectivity index (χ0n) is 11.0. The summed E-state index contributed by atoms with van der Waals surface area (Å²) in [6, 6.07) is 7.88. The molecular weight excluding hydrogens is 230 g/mol. The Morgan fingerprint density at radius 1 is 1.33 bits per heavy atom. The summed E-state index contributed by atoms with van der Waals surface area (Å²) in [5.74, 6) is 0.874. The van der Waals surface area contributed by atoms with Crippen LogP contribution in [0.1, 0.15) is 13.8 Å². The summed E-state index contributed by atoms with van der Waals surface area (Å²) in [5, 5.41) is 12.6. The van der Waals surface area contributed by atoms with Gasteiger partial charge in [0.2, 0.25) is 0 Å². The summed E-state index contributed by atoms with van der Waals surface area (Å²) in [5.41, 5.74) is 0.929. The Labute approximate surface area is 108 Å². The minimum Gasteiger partial charge on any atom is -0.491 e. The van der Waals surface area contributed by atoms with E-state index in [-0.39, 0.29) is 18.1 Å². The summed E-state index contributed by atoms with van der Waals surface area (Å²) in [4.78, 5) is 0. The van der Waals surface area contributed by atoms with Gasteiger partial charge in [-0.15, -0.1) is 0 Å². The summed E-state index contributed by atoms with van der Waals surface area (Å²) in [6.45, 7) is 6.17. The Morgan fingerprint density at radius 2 is 2.00 bits per heavy atom. The predicted octanol–water partition coefficient (Wildman–Crippen LogP) is 1.89. The number of rotatable bonds is 6. The van der Waals surface area contributed by atoms with Gasteiger partial charge in [0, 0.05) is 12.2 Å². The molecule has 0 spiro atoms. The second-order valence-corrected chi connectivity index (χ2v) is 5.20. The topological polar surface area (TPSA) is 50.7 Å². The van der Waals surface area contributed by atoms with Gasteiger partial charge in [-0.3, -0.25) is 0 Å². The number of ether oxygens (including phenoxy) is 2. The maximum absolute atomic E-state index is 9.32. The van der Waals surface area contributed by atoms with E-state index in [1.165, 1.54) is 0 Å². The highest BCUT2D eigenvalue weighted by atomic mass is 16.5. The highest BCUT2D eigenvalue weighted by Crippen LogP contribution is 2.27. The smallest absolute Gasteiger partial charge is 0.119 e. The highest BCUT2D eigenvalue weighted by molar-refractivity contribution is 5.46. The lowest BCUT2D eigenvalue weighted by atomic mass is 9.87. The molecule has 1 aromatic rings. The Kier molecular flexibility index (Phi) is 4.09. The molecule has 1 aromatic carbocycles. The van der Waals surface area contributed by atoms with Gasteiger partial charge >= 0.3 is 0 Å². The van der Waals surface area contributed by atoms with Gasteiger partial charge in [0.15, 0.2) is 0 Å². The number of hydrogen-bond acceptors (Lipinski definition) is 4. The second kappa shape index (κ2) is 5.59. The molecular formula is C14H21NO3. The average Bonchev–Trinajstić information content (AvgIpc) is 2.30. The molecule has 18 heavy (non-hydrogen) atoms. The van der Waals surface area contributed by atoms with Gasteiger partial charge in [-0.1, -0.05) is 0 Å². The molecule has 2 N–H and O–H groups in total. The molecule has 1 fully saturated rings. The van der Waals surface area contributed by atoms with E-state index < -0.39 is 0 Å². The minimum atomic E-state index is -0.104. The average molecular weight is 251 g/mol. The van der Waals surface area contributed by atoms with Crippen LogP contribution in [0, 0.1) is 5.41 Å². The molecule has 1 aliphatic rings. The van der Waals surface area contributed by atoms with Crippen LogP contribution >= 0.6 is 0 Å². The highest BCUT2D eigenvalue weighted by Gasteiger charge is 2.37. The maximum Gasteiger partial charge on any atom is 0.119 e. The molecule has 0 aromatic heterocycles. The van der Waals surface area contributed by atoms with Gasteiger partial charge in [0.25, 0.3) is 0 Å². The molecule has 0 aliphatic carbocycles. The van der Waals surface area contributed by atoms with Gasteiger partial charge in [0.05, 0.1) is 31.3 Å². The zero-order chi connectivity index (χ0) is 13.0. The van der Waals surface area contributed by atoms with Crippen LogP contribution in [0.15, 0.2) is 24.3 Å². The molecule has 1 aliphatic heterocycles. The Bertz CT molecular complexity index is 366. The molecule has 0 atom stereocenters. The number of benzene rings is 1. The number of nitrogens with one attached hydrogen (secondary N) is 1. The van der Waals surface area contributed by atoms with E-state index in [9.17, 15) is 5.11 Å². The normalized spacial score (nSPS) is 17.3. The van der Waals surface area contributed by atoms with Crippen LogP contribution < -0.4 is 10.1 Å². The third-order valence-corrected chi connectivity index (χ3v) is 3.05. The fourth-order valence-electron chi connectivity index (χ4n) is 1.85. The minimum absolute atomic E-state index is 0.104. The van der Waals surface area contributed by atoms with Crippen molar-refractivity contribution in [1.29, 1.82) is 0 Å². The molecule has 0 radical (unpaired) electrons. The summed E-state index contributed by atoms with van der Waals surface area (Å²) >= 11 is 0. The standard InChI is InChI=1S/C14H21NO3/c1-11(2)18-13-5-3-12(4-6-13)15-7-14(8-16)9-17-10-14/h3-6,11,15-16H,7-10H2,1-2H3. The number of anilines is 1. The summed E-state index contributed by atoms with van der Waals surface area (Å²) in [6.07, 6.45) is 0.189. The molecule has 0 unspecified atom stereocenters. The first kappa shape index (κ1) is 13.2. The lowest BCUT2D eigenvalue weighted by Crippen LogP contribution is -2.50. The van der Waals surface area contributed by atoms with Crippen molar-refractivity contribution in [1.82, 2.24) is 0 Å². The predicted molar refractivity (Wildman–Crippen MR) is 71.0 cm³/mol. The van der Waals surface area contributed by atoms with E-state index in [4.69, 9.17) is 9.47 Å². The summed E-state index contributed by atoms with van der Waals surface area (Å²) in [7, 11) is 0. The van der Waals surface area contributed by atoms with Crippen molar-refractivity contribution in [2.24, 2.45) is 5.41 Å².